The van der Waals surface area contributed by atoms with Crippen LogP contribution in [0.1, 0.15) is 0 Å². The molecule has 0 aromatic heterocycles. The summed E-state index contributed by atoms with van der Waals surface area (Å²) >= 11 is 0. The predicted molar refractivity (Wildman–Crippen MR) is 30.8 cm³/mol. The molecule has 0 fully saturated rings. The second kappa shape index (κ2) is 2.86. The molecule has 2 N–H and O–H groups in total. The first kappa shape index (κ1) is 7.68. The normalized spacial score (nSPS) is 8.11. The second-order valence-electron chi connectivity index (χ2n) is 1.36. The Hall–Kier alpha value is -1.32. The molecule has 4 heteroatoms. The van der Waals surface area contributed by atoms with Gasteiger partial charge in [-0.2, -0.15) is 0 Å². The smallest absolute Gasteiger partial charge is 0.340 e. The Labute approximate surface area is 52.2 Å². The molecule has 0 bridgehead atoms. The molecule has 0 spiro atoms. The van der Waals surface area contributed by atoms with Crippen LogP contribution in [0.5, 0.6) is 0 Å². The van der Waals surface area contributed by atoms with Crippen molar-refractivity contribution in [3.63, 3.8) is 0 Å². The molecule has 4 nitrogen and oxygen atoms in total. The molecule has 50 valence electrons. The summed E-state index contributed by atoms with van der Waals surface area (Å²) in [4.78, 5) is 20.3. The van der Waals surface area contributed by atoms with Crippen LogP contribution in [0.3, 0.4) is 0 Å². The second-order valence-corrected chi connectivity index (χ2v) is 1.36. The van der Waals surface area contributed by atoms with Crippen LogP contribution >= 0.6 is 0 Å². The summed E-state index contributed by atoms with van der Waals surface area (Å²) < 4.78 is 0. The van der Waals surface area contributed by atoms with E-state index in [0.29, 0.717) is 0 Å². The van der Waals surface area contributed by atoms with Crippen molar-refractivity contribution in [3.8, 4) is 0 Å². The highest BCUT2D eigenvalue weighted by Crippen LogP contribution is 1.86. The zero-order valence-electron chi connectivity index (χ0n) is 4.97. The van der Waals surface area contributed by atoms with Crippen LogP contribution in [0.4, 0.5) is 0 Å². The Balaban J connectivity index is 4.05. The van der Waals surface area contributed by atoms with Crippen molar-refractivity contribution in [2.75, 3.05) is 7.05 Å². The van der Waals surface area contributed by atoms with Crippen molar-refractivity contribution in [3.05, 3.63) is 12.2 Å². The Kier molecular flexibility index (Phi) is 2.44. The number of aliphatic carboxylic acids is 1. The number of nitrogens with one attached hydrogen (secondary N) is 1. The van der Waals surface area contributed by atoms with Gasteiger partial charge in [0.25, 0.3) is 5.91 Å². The van der Waals surface area contributed by atoms with Gasteiger partial charge in [0.15, 0.2) is 0 Å². The minimum atomic E-state index is -1.30. The maximum atomic E-state index is 10.4. The monoisotopic (exact) mass is 129 g/mol. The van der Waals surface area contributed by atoms with E-state index in [9.17, 15) is 9.59 Å². The van der Waals surface area contributed by atoms with Gasteiger partial charge in [-0.05, 0) is 0 Å². The van der Waals surface area contributed by atoms with Gasteiger partial charge in [0.05, 0.1) is 0 Å². The maximum Gasteiger partial charge on any atom is 0.340 e. The summed E-state index contributed by atoms with van der Waals surface area (Å²) in [5, 5.41) is 10.2. The van der Waals surface area contributed by atoms with Crippen molar-refractivity contribution >= 4 is 11.9 Å². The molecule has 0 saturated carbocycles. The molecule has 0 unspecified atom stereocenters. The summed E-state index contributed by atoms with van der Waals surface area (Å²) in [6.45, 7) is 3.01. The van der Waals surface area contributed by atoms with E-state index in [4.69, 9.17) is 5.11 Å². The lowest BCUT2D eigenvalue weighted by molar-refractivity contribution is -0.134. The van der Waals surface area contributed by atoms with Gasteiger partial charge >= 0.3 is 5.97 Å². The average Bonchev–Trinajstić information content (AvgIpc) is 1.84. The summed E-state index contributed by atoms with van der Waals surface area (Å²) in [7, 11) is 1.34. The van der Waals surface area contributed by atoms with Crippen molar-refractivity contribution in [1.29, 1.82) is 0 Å². The zero-order valence-corrected chi connectivity index (χ0v) is 4.97. The van der Waals surface area contributed by atoms with Gasteiger partial charge in [-0.1, -0.05) is 6.58 Å². The van der Waals surface area contributed by atoms with E-state index in [1.54, 1.807) is 0 Å². The van der Waals surface area contributed by atoms with E-state index in [2.05, 4.69) is 11.9 Å². The number of hydrogen-bond donors (Lipinski definition) is 2. The quantitative estimate of drug-likeness (QED) is 0.296. The van der Waals surface area contributed by atoms with E-state index in [1.165, 1.54) is 7.05 Å². The molecule has 0 radical (unpaired) electrons. The summed E-state index contributed by atoms with van der Waals surface area (Å²) in [5.74, 6) is -1.96. The molecular formula is C5H7NO3. The molecule has 0 aromatic carbocycles. The fraction of sp³-hybridized carbons (Fsp3) is 0.200. The van der Waals surface area contributed by atoms with Gasteiger partial charge < -0.3 is 10.4 Å². The minimum absolute atomic E-state index is 0.447. The third-order valence-corrected chi connectivity index (χ3v) is 0.759. The minimum Gasteiger partial charge on any atom is -0.478 e. The first-order valence-corrected chi connectivity index (χ1v) is 2.24. The number of carboxylic acid groups (broad SMARTS) is 1. The first-order valence-electron chi connectivity index (χ1n) is 2.24. The molecule has 0 rings (SSSR count). The van der Waals surface area contributed by atoms with Crippen molar-refractivity contribution < 1.29 is 14.7 Å². The average molecular weight is 129 g/mol. The van der Waals surface area contributed by atoms with Crippen LogP contribution in [0.25, 0.3) is 0 Å². The van der Waals surface area contributed by atoms with Gasteiger partial charge in [-0.3, -0.25) is 4.79 Å². The molecule has 0 atom stereocenters. The first-order chi connectivity index (χ1) is 4.09. The van der Waals surface area contributed by atoms with Crippen LogP contribution in [0, 0.1) is 0 Å². The Bertz CT molecular complexity index is 162. The lowest BCUT2D eigenvalue weighted by Crippen LogP contribution is -2.23. The molecule has 0 aliphatic carbocycles. The molecular weight excluding hydrogens is 122 g/mol. The number of likely N-dealkylation sites (N-methyl/N-ethyl adjacent to an activating group) is 1. The highest BCUT2D eigenvalue weighted by Gasteiger charge is 2.10. The van der Waals surface area contributed by atoms with Crippen LogP contribution in [0.2, 0.25) is 0 Å². The molecule has 0 aliphatic rings. The summed E-state index contributed by atoms with van der Waals surface area (Å²) in [6, 6.07) is 0. The molecule has 9 heavy (non-hydrogen) atoms. The van der Waals surface area contributed by atoms with Gasteiger partial charge in [-0.15, -0.1) is 0 Å². The number of rotatable bonds is 2. The summed E-state index contributed by atoms with van der Waals surface area (Å²) in [6.07, 6.45) is 0. The van der Waals surface area contributed by atoms with Gasteiger partial charge in [-0.25, -0.2) is 4.79 Å². The van der Waals surface area contributed by atoms with Crippen LogP contribution in [0.15, 0.2) is 12.2 Å². The third kappa shape index (κ3) is 1.94. The standard InChI is InChI=1S/C5H7NO3/c1-3(5(8)9)4(7)6-2/h1H2,2H3,(H,6,7)(H,8,9). The van der Waals surface area contributed by atoms with E-state index in [0.717, 1.165) is 0 Å². The maximum absolute atomic E-state index is 10.4. The highest BCUT2D eigenvalue weighted by molar-refractivity contribution is 6.14. The van der Waals surface area contributed by atoms with Crippen molar-refractivity contribution in [2.24, 2.45) is 0 Å². The third-order valence-electron chi connectivity index (χ3n) is 0.759. The number of carbonyl (C=O) groups is 2. The van der Waals surface area contributed by atoms with E-state index < -0.39 is 17.4 Å². The molecule has 0 heterocycles. The molecule has 1 amide bonds. The predicted octanol–water partition coefficient (Wildman–Crippen LogP) is -0.627. The Morgan fingerprint density at radius 2 is 2.00 bits per heavy atom. The van der Waals surface area contributed by atoms with Gasteiger partial charge in [0, 0.05) is 7.05 Å². The topological polar surface area (TPSA) is 66.4 Å². The Morgan fingerprint density at radius 3 is 2.11 bits per heavy atom. The number of carbonyl (C=O) groups excluding carboxylic acids is 1. The van der Waals surface area contributed by atoms with Crippen LogP contribution in [-0.4, -0.2) is 24.0 Å². The van der Waals surface area contributed by atoms with E-state index in [1.807, 2.05) is 0 Å². The fourth-order valence-electron chi connectivity index (χ4n) is 0.248. The molecule has 0 saturated heterocycles. The van der Waals surface area contributed by atoms with E-state index >= 15 is 0 Å². The Morgan fingerprint density at radius 1 is 1.56 bits per heavy atom. The van der Waals surface area contributed by atoms with Gasteiger partial charge in [0.1, 0.15) is 5.57 Å². The lowest BCUT2D eigenvalue weighted by atomic mass is 10.3. The number of amides is 1. The van der Waals surface area contributed by atoms with Crippen LogP contribution in [-0.2, 0) is 9.59 Å². The van der Waals surface area contributed by atoms with Gasteiger partial charge in [0.2, 0.25) is 0 Å². The molecule has 0 aliphatic heterocycles. The number of hydrogen-bond acceptors (Lipinski definition) is 2. The SMILES string of the molecule is C=C(C(=O)O)C(=O)NC. The highest BCUT2D eigenvalue weighted by atomic mass is 16.4. The largest absolute Gasteiger partial charge is 0.478 e. The van der Waals surface area contributed by atoms with Crippen molar-refractivity contribution in [2.45, 2.75) is 0 Å². The van der Waals surface area contributed by atoms with Crippen molar-refractivity contribution in [1.82, 2.24) is 5.32 Å². The van der Waals surface area contributed by atoms with E-state index in [-0.39, 0.29) is 0 Å². The molecule has 0 aromatic rings. The lowest BCUT2D eigenvalue weighted by Gasteiger charge is -1.94. The number of carboxylic acids is 1. The fourth-order valence-corrected chi connectivity index (χ4v) is 0.248. The zero-order chi connectivity index (χ0) is 7.44. The van der Waals surface area contributed by atoms with Crippen LogP contribution < -0.4 is 5.32 Å². The summed E-state index contributed by atoms with van der Waals surface area (Å²) in [5.41, 5.74) is -0.447.